The number of aromatic nitrogens is 3. The number of pyridine rings is 1. The maximum atomic E-state index is 12.0. The third-order valence-corrected chi connectivity index (χ3v) is 4.15. The molecule has 0 saturated carbocycles. The molecule has 0 aliphatic carbocycles. The van der Waals surface area contributed by atoms with Gasteiger partial charge in [0.15, 0.2) is 0 Å². The van der Waals surface area contributed by atoms with Crippen molar-refractivity contribution >= 4 is 10.0 Å². The molecule has 0 atom stereocenters. The van der Waals surface area contributed by atoms with E-state index >= 15 is 0 Å². The van der Waals surface area contributed by atoms with Crippen LogP contribution in [-0.4, -0.2) is 23.2 Å². The second-order valence-corrected chi connectivity index (χ2v) is 5.60. The Balaban J connectivity index is 2.16. The van der Waals surface area contributed by atoms with Crippen LogP contribution in [0.2, 0.25) is 0 Å². The fraction of sp³-hybridized carbons (Fsp3) is 0.273. The van der Waals surface area contributed by atoms with Crippen molar-refractivity contribution in [3.63, 3.8) is 0 Å². The Morgan fingerprint density at radius 3 is 2.72 bits per heavy atom. The highest BCUT2D eigenvalue weighted by Gasteiger charge is 2.19. The largest absolute Gasteiger partial charge is 0.272 e. The highest BCUT2D eigenvalue weighted by Crippen LogP contribution is 2.13. The van der Waals surface area contributed by atoms with Gasteiger partial charge in [0.2, 0.25) is 10.0 Å². The van der Waals surface area contributed by atoms with E-state index in [4.69, 9.17) is 0 Å². The van der Waals surface area contributed by atoms with Crippen LogP contribution in [0.3, 0.4) is 0 Å². The first kappa shape index (κ1) is 12.7. The lowest BCUT2D eigenvalue weighted by molar-refractivity contribution is 0.579. The van der Waals surface area contributed by atoms with Crippen LogP contribution in [0.1, 0.15) is 11.4 Å². The van der Waals surface area contributed by atoms with Crippen LogP contribution < -0.4 is 4.72 Å². The summed E-state index contributed by atoms with van der Waals surface area (Å²) in [7, 11) is -1.84. The number of sulfonamides is 1. The summed E-state index contributed by atoms with van der Waals surface area (Å²) in [4.78, 5) is 4.25. The topological polar surface area (TPSA) is 76.9 Å². The zero-order chi connectivity index (χ0) is 13.2. The summed E-state index contributed by atoms with van der Waals surface area (Å²) in [6, 6.07) is 5.35. The molecular formula is C11H14N4O2S. The molecule has 7 heteroatoms. The van der Waals surface area contributed by atoms with Gasteiger partial charge in [0.1, 0.15) is 4.90 Å². The molecule has 2 rings (SSSR count). The van der Waals surface area contributed by atoms with Crippen LogP contribution in [0.15, 0.2) is 35.5 Å². The van der Waals surface area contributed by atoms with Crippen LogP contribution in [0, 0.1) is 6.92 Å². The van der Waals surface area contributed by atoms with E-state index in [1.807, 2.05) is 6.07 Å². The molecule has 1 N–H and O–H groups in total. The minimum Gasteiger partial charge on any atom is -0.272 e. The fourth-order valence-corrected chi connectivity index (χ4v) is 2.69. The molecule has 0 aromatic carbocycles. The lowest BCUT2D eigenvalue weighted by Crippen LogP contribution is -2.24. The number of aryl methyl sites for hydroxylation is 1. The molecule has 2 aromatic heterocycles. The number of nitrogens with one attached hydrogen (secondary N) is 1. The molecular weight excluding hydrogens is 252 g/mol. The fourth-order valence-electron chi connectivity index (χ4n) is 1.49. The normalized spacial score (nSPS) is 11.7. The molecule has 0 aliphatic heterocycles. The Morgan fingerprint density at radius 2 is 2.17 bits per heavy atom. The van der Waals surface area contributed by atoms with Gasteiger partial charge in [-0.25, -0.2) is 13.1 Å². The first-order valence-corrected chi connectivity index (χ1v) is 6.87. The Morgan fingerprint density at radius 1 is 1.39 bits per heavy atom. The second-order valence-electron chi connectivity index (χ2n) is 3.86. The van der Waals surface area contributed by atoms with Gasteiger partial charge in [-0.15, -0.1) is 0 Å². The second kappa shape index (κ2) is 4.87. The van der Waals surface area contributed by atoms with Crippen LogP contribution in [-0.2, 0) is 23.6 Å². The molecule has 0 saturated heterocycles. The predicted molar refractivity (Wildman–Crippen MR) is 66.2 cm³/mol. The smallest absolute Gasteiger partial charge is 0.244 e. The van der Waals surface area contributed by atoms with Gasteiger partial charge in [-0.1, -0.05) is 6.07 Å². The number of hydrogen-bond acceptors (Lipinski definition) is 4. The number of nitrogens with zero attached hydrogens (tertiary/aromatic N) is 3. The molecule has 0 unspecified atom stereocenters. The SMILES string of the molecule is Cc1c(S(=O)(=O)NCc2ccccn2)cnn1C. The predicted octanol–water partition coefficient (Wildman–Crippen LogP) is 0.602. The van der Waals surface area contributed by atoms with E-state index < -0.39 is 10.0 Å². The van der Waals surface area contributed by atoms with E-state index in [1.54, 1.807) is 32.3 Å². The first-order chi connectivity index (χ1) is 8.50. The van der Waals surface area contributed by atoms with Crippen molar-refractivity contribution in [1.29, 1.82) is 0 Å². The average Bonchev–Trinajstić information content (AvgIpc) is 2.70. The molecule has 6 nitrogen and oxygen atoms in total. The van der Waals surface area contributed by atoms with Crippen molar-refractivity contribution < 1.29 is 8.42 Å². The Labute approximate surface area is 106 Å². The van der Waals surface area contributed by atoms with E-state index in [-0.39, 0.29) is 11.4 Å². The van der Waals surface area contributed by atoms with Gasteiger partial charge in [-0.2, -0.15) is 5.10 Å². The Bertz CT molecular complexity index is 634. The van der Waals surface area contributed by atoms with Crippen LogP contribution in [0.4, 0.5) is 0 Å². The van der Waals surface area contributed by atoms with Crippen LogP contribution in [0.25, 0.3) is 0 Å². The Kier molecular flexibility index (Phi) is 3.44. The molecule has 0 radical (unpaired) electrons. The molecule has 96 valence electrons. The van der Waals surface area contributed by atoms with Crippen molar-refractivity contribution in [2.24, 2.45) is 7.05 Å². The molecule has 0 spiro atoms. The van der Waals surface area contributed by atoms with Gasteiger partial charge in [0.05, 0.1) is 24.1 Å². The third-order valence-electron chi connectivity index (χ3n) is 2.65. The monoisotopic (exact) mass is 266 g/mol. The zero-order valence-electron chi connectivity index (χ0n) is 10.2. The minimum atomic E-state index is -3.54. The average molecular weight is 266 g/mol. The van der Waals surface area contributed by atoms with Gasteiger partial charge in [0, 0.05) is 13.2 Å². The van der Waals surface area contributed by atoms with E-state index in [9.17, 15) is 8.42 Å². The van der Waals surface area contributed by atoms with Gasteiger partial charge >= 0.3 is 0 Å². The van der Waals surface area contributed by atoms with Crippen LogP contribution >= 0.6 is 0 Å². The van der Waals surface area contributed by atoms with E-state index in [0.717, 1.165) is 0 Å². The molecule has 0 aliphatic rings. The van der Waals surface area contributed by atoms with Crippen molar-refractivity contribution in [2.45, 2.75) is 18.4 Å². The summed E-state index contributed by atoms with van der Waals surface area (Å²) < 4.78 is 28.1. The van der Waals surface area contributed by atoms with E-state index in [2.05, 4.69) is 14.8 Å². The van der Waals surface area contributed by atoms with Gasteiger partial charge in [0.25, 0.3) is 0 Å². The first-order valence-electron chi connectivity index (χ1n) is 5.39. The lowest BCUT2D eigenvalue weighted by Gasteiger charge is -2.05. The van der Waals surface area contributed by atoms with Gasteiger partial charge in [-0.05, 0) is 19.1 Å². The highest BCUT2D eigenvalue weighted by atomic mass is 32.2. The van der Waals surface area contributed by atoms with Gasteiger partial charge in [-0.3, -0.25) is 9.67 Å². The van der Waals surface area contributed by atoms with Crippen molar-refractivity contribution in [1.82, 2.24) is 19.5 Å². The van der Waals surface area contributed by atoms with E-state index in [1.165, 1.54) is 10.9 Å². The number of rotatable bonds is 4. The summed E-state index contributed by atoms with van der Waals surface area (Å²) in [5.74, 6) is 0. The molecule has 0 bridgehead atoms. The third kappa shape index (κ3) is 2.57. The summed E-state index contributed by atoms with van der Waals surface area (Å²) in [5.41, 5.74) is 1.27. The highest BCUT2D eigenvalue weighted by molar-refractivity contribution is 7.89. The molecule has 18 heavy (non-hydrogen) atoms. The summed E-state index contributed by atoms with van der Waals surface area (Å²) >= 11 is 0. The van der Waals surface area contributed by atoms with Gasteiger partial charge < -0.3 is 0 Å². The summed E-state index contributed by atoms with van der Waals surface area (Å²) in [6.07, 6.45) is 2.97. The summed E-state index contributed by atoms with van der Waals surface area (Å²) in [5, 5.41) is 3.92. The quantitative estimate of drug-likeness (QED) is 0.879. The maximum absolute atomic E-state index is 12.0. The zero-order valence-corrected chi connectivity index (χ0v) is 11.0. The van der Waals surface area contributed by atoms with Crippen molar-refractivity contribution in [3.8, 4) is 0 Å². The van der Waals surface area contributed by atoms with Crippen LogP contribution in [0.5, 0.6) is 0 Å². The molecule has 2 heterocycles. The lowest BCUT2D eigenvalue weighted by atomic mass is 10.4. The minimum absolute atomic E-state index is 0.164. The standard InChI is InChI=1S/C11H14N4O2S/c1-9-11(8-13-15(9)2)18(16,17)14-7-10-5-3-4-6-12-10/h3-6,8,14H,7H2,1-2H3. The van der Waals surface area contributed by atoms with Crippen molar-refractivity contribution in [3.05, 3.63) is 42.0 Å². The maximum Gasteiger partial charge on any atom is 0.244 e. The molecule has 0 amide bonds. The molecule has 0 fully saturated rings. The molecule has 2 aromatic rings. The van der Waals surface area contributed by atoms with Crippen molar-refractivity contribution in [2.75, 3.05) is 0 Å². The number of hydrogen-bond donors (Lipinski definition) is 1. The summed E-state index contributed by atoms with van der Waals surface area (Å²) in [6.45, 7) is 1.87. The van der Waals surface area contributed by atoms with E-state index in [0.29, 0.717) is 11.4 Å². The Hall–Kier alpha value is -1.73.